The number of hydrogen-bond donors (Lipinski definition) is 2. The molecule has 1 aliphatic rings. The number of benzene rings is 3. The number of rotatable bonds is 4. The lowest BCUT2D eigenvalue weighted by Crippen LogP contribution is -2.46. The van der Waals surface area contributed by atoms with Crippen LogP contribution in [0.5, 0.6) is 0 Å². The summed E-state index contributed by atoms with van der Waals surface area (Å²) in [6.45, 7) is 0. The summed E-state index contributed by atoms with van der Waals surface area (Å²) in [5.74, 6) is -1.64. The van der Waals surface area contributed by atoms with Crippen LogP contribution in [-0.4, -0.2) is 24.0 Å². The molecule has 2 N–H and O–H groups in total. The number of carbonyl (C=O) groups is 2. The van der Waals surface area contributed by atoms with Crippen molar-refractivity contribution in [1.82, 2.24) is 10.6 Å². The van der Waals surface area contributed by atoms with Crippen LogP contribution in [0.4, 0.5) is 0 Å². The van der Waals surface area contributed by atoms with Gasteiger partial charge in [-0.2, -0.15) is 0 Å². The molecule has 1 atom stereocenters. The van der Waals surface area contributed by atoms with Gasteiger partial charge in [-0.05, 0) is 40.2 Å². The minimum absolute atomic E-state index is 0.270. The van der Waals surface area contributed by atoms with Crippen LogP contribution in [0.15, 0.2) is 78.4 Å². The van der Waals surface area contributed by atoms with E-state index in [0.29, 0.717) is 10.8 Å². The Morgan fingerprint density at radius 3 is 2.34 bits per heavy atom. The molecular weight excluding hydrogens is 384 g/mol. The summed E-state index contributed by atoms with van der Waals surface area (Å²) in [5, 5.41) is 8.68. The molecule has 0 bridgehead atoms. The highest BCUT2D eigenvalue weighted by atomic mass is 32.1. The Morgan fingerprint density at radius 2 is 1.62 bits per heavy atom. The SMILES string of the molecule is COC(=O)C(=O)C1=C(c2ccccc2)NC(=S)N[C@@H]1c1ccc2ccccc2c1. The molecule has 0 aromatic heterocycles. The Hall–Kier alpha value is -3.51. The molecule has 4 rings (SSSR count). The van der Waals surface area contributed by atoms with Crippen molar-refractivity contribution in [2.24, 2.45) is 0 Å². The predicted octanol–water partition coefficient (Wildman–Crippen LogP) is 3.51. The second-order valence-corrected chi connectivity index (χ2v) is 7.02. The van der Waals surface area contributed by atoms with Crippen molar-refractivity contribution in [3.63, 3.8) is 0 Å². The van der Waals surface area contributed by atoms with E-state index in [1.807, 2.05) is 72.8 Å². The van der Waals surface area contributed by atoms with E-state index in [9.17, 15) is 9.59 Å². The smallest absolute Gasteiger partial charge is 0.379 e. The van der Waals surface area contributed by atoms with Crippen LogP contribution < -0.4 is 10.6 Å². The predicted molar refractivity (Wildman–Crippen MR) is 116 cm³/mol. The first-order chi connectivity index (χ1) is 14.1. The molecule has 0 saturated heterocycles. The fraction of sp³-hybridized carbons (Fsp3) is 0.0870. The van der Waals surface area contributed by atoms with Gasteiger partial charge >= 0.3 is 5.97 Å². The summed E-state index contributed by atoms with van der Waals surface area (Å²) >= 11 is 5.41. The monoisotopic (exact) mass is 402 g/mol. The second kappa shape index (κ2) is 7.85. The van der Waals surface area contributed by atoms with Gasteiger partial charge in [0, 0.05) is 0 Å². The van der Waals surface area contributed by atoms with Crippen LogP contribution in [0.25, 0.3) is 16.5 Å². The van der Waals surface area contributed by atoms with E-state index >= 15 is 0 Å². The van der Waals surface area contributed by atoms with Crippen molar-refractivity contribution in [2.75, 3.05) is 7.11 Å². The van der Waals surface area contributed by atoms with Crippen LogP contribution in [0.3, 0.4) is 0 Å². The minimum Gasteiger partial charge on any atom is -0.463 e. The number of ketones is 1. The molecule has 1 heterocycles. The van der Waals surface area contributed by atoms with Gasteiger partial charge in [-0.15, -0.1) is 0 Å². The number of ether oxygens (including phenoxy) is 1. The number of carbonyl (C=O) groups excluding carboxylic acids is 2. The Bertz CT molecular complexity index is 1160. The summed E-state index contributed by atoms with van der Waals surface area (Å²) in [6, 6.07) is 22.6. The zero-order valence-electron chi connectivity index (χ0n) is 15.6. The lowest BCUT2D eigenvalue weighted by Gasteiger charge is -2.31. The van der Waals surface area contributed by atoms with Crippen molar-refractivity contribution < 1.29 is 14.3 Å². The Labute approximate surface area is 173 Å². The molecule has 0 fully saturated rings. The molecule has 6 heteroatoms. The van der Waals surface area contributed by atoms with Gasteiger partial charge in [-0.1, -0.05) is 66.7 Å². The molecular formula is C23H18N2O3S. The van der Waals surface area contributed by atoms with Crippen LogP contribution in [-0.2, 0) is 14.3 Å². The third-order valence-electron chi connectivity index (χ3n) is 4.86. The fourth-order valence-electron chi connectivity index (χ4n) is 3.48. The Balaban J connectivity index is 1.92. The average Bonchev–Trinajstić information content (AvgIpc) is 2.77. The van der Waals surface area contributed by atoms with E-state index in [1.165, 1.54) is 7.11 Å². The number of methoxy groups -OCH3 is 1. The number of fused-ring (bicyclic) bond motifs is 1. The normalized spacial score (nSPS) is 16.2. The first-order valence-electron chi connectivity index (χ1n) is 9.07. The van der Waals surface area contributed by atoms with Crippen molar-refractivity contribution in [3.05, 3.63) is 89.5 Å². The molecule has 0 radical (unpaired) electrons. The van der Waals surface area contributed by atoms with Gasteiger partial charge in [0.2, 0.25) is 0 Å². The van der Waals surface area contributed by atoms with E-state index in [0.717, 1.165) is 21.9 Å². The first kappa shape index (κ1) is 18.8. The van der Waals surface area contributed by atoms with E-state index in [-0.39, 0.29) is 5.57 Å². The molecule has 1 aliphatic heterocycles. The van der Waals surface area contributed by atoms with E-state index < -0.39 is 17.8 Å². The average molecular weight is 402 g/mol. The fourth-order valence-corrected chi connectivity index (χ4v) is 3.70. The lowest BCUT2D eigenvalue weighted by molar-refractivity contribution is -0.150. The van der Waals surface area contributed by atoms with Crippen molar-refractivity contribution in [3.8, 4) is 0 Å². The molecule has 0 unspecified atom stereocenters. The summed E-state index contributed by atoms with van der Waals surface area (Å²) in [7, 11) is 1.20. The minimum atomic E-state index is -0.921. The lowest BCUT2D eigenvalue weighted by atomic mass is 9.89. The highest BCUT2D eigenvalue weighted by Gasteiger charge is 2.35. The maximum absolute atomic E-state index is 13.0. The van der Waals surface area contributed by atoms with Gasteiger partial charge in [0.15, 0.2) is 5.11 Å². The third kappa shape index (κ3) is 3.62. The van der Waals surface area contributed by atoms with Crippen LogP contribution in [0, 0.1) is 0 Å². The van der Waals surface area contributed by atoms with Crippen LogP contribution >= 0.6 is 12.2 Å². The van der Waals surface area contributed by atoms with Gasteiger partial charge in [0.25, 0.3) is 5.78 Å². The molecule has 0 spiro atoms. The molecule has 0 saturated carbocycles. The van der Waals surface area contributed by atoms with Gasteiger partial charge in [-0.3, -0.25) is 4.79 Å². The number of thiocarbonyl (C=S) groups is 1. The topological polar surface area (TPSA) is 67.4 Å². The standard InChI is InChI=1S/C23H18N2O3S/c1-28-22(27)21(26)18-19(15-8-3-2-4-9-15)24-23(29)25-20(18)17-12-11-14-7-5-6-10-16(14)13-17/h2-13,20H,1H3,(H2,24,25,29)/t20-/m1/s1. The van der Waals surface area contributed by atoms with Gasteiger partial charge in [-0.25, -0.2) is 4.79 Å². The van der Waals surface area contributed by atoms with Gasteiger partial charge in [0.1, 0.15) is 0 Å². The van der Waals surface area contributed by atoms with Crippen LogP contribution in [0.1, 0.15) is 17.2 Å². The van der Waals surface area contributed by atoms with E-state index in [4.69, 9.17) is 17.0 Å². The van der Waals surface area contributed by atoms with Crippen LogP contribution in [0.2, 0.25) is 0 Å². The zero-order valence-corrected chi connectivity index (χ0v) is 16.5. The third-order valence-corrected chi connectivity index (χ3v) is 5.08. The quantitative estimate of drug-likeness (QED) is 0.396. The molecule has 144 valence electrons. The summed E-state index contributed by atoms with van der Waals surface area (Å²) in [5.41, 5.74) is 2.36. The van der Waals surface area contributed by atoms with Gasteiger partial charge in [0.05, 0.1) is 24.4 Å². The van der Waals surface area contributed by atoms with Crippen molar-refractivity contribution in [1.29, 1.82) is 0 Å². The highest BCUT2D eigenvalue weighted by Crippen LogP contribution is 2.33. The highest BCUT2D eigenvalue weighted by molar-refractivity contribution is 7.80. The van der Waals surface area contributed by atoms with Crippen molar-refractivity contribution in [2.45, 2.75) is 6.04 Å². The zero-order chi connectivity index (χ0) is 20.4. The van der Waals surface area contributed by atoms with E-state index in [2.05, 4.69) is 10.6 Å². The van der Waals surface area contributed by atoms with Gasteiger partial charge < -0.3 is 15.4 Å². The molecule has 0 amide bonds. The second-order valence-electron chi connectivity index (χ2n) is 6.61. The summed E-state index contributed by atoms with van der Waals surface area (Å²) < 4.78 is 4.72. The molecule has 5 nitrogen and oxygen atoms in total. The largest absolute Gasteiger partial charge is 0.463 e. The first-order valence-corrected chi connectivity index (χ1v) is 9.48. The maximum atomic E-state index is 13.0. The molecule has 0 aliphatic carbocycles. The number of nitrogens with one attached hydrogen (secondary N) is 2. The summed E-state index contributed by atoms with van der Waals surface area (Å²) in [4.78, 5) is 25.2. The molecule has 3 aromatic rings. The number of esters is 1. The Morgan fingerprint density at radius 1 is 0.931 bits per heavy atom. The maximum Gasteiger partial charge on any atom is 0.379 e. The summed E-state index contributed by atoms with van der Waals surface area (Å²) in [6.07, 6.45) is 0. The van der Waals surface area contributed by atoms with Crippen molar-refractivity contribution >= 4 is 45.6 Å². The Kier molecular flexibility index (Phi) is 5.10. The number of hydrogen-bond acceptors (Lipinski definition) is 4. The molecule has 3 aromatic carbocycles. The number of Topliss-reactive ketones (excluding diaryl/α,β-unsaturated/α-hetero) is 1. The van der Waals surface area contributed by atoms with E-state index in [1.54, 1.807) is 0 Å². The molecule has 29 heavy (non-hydrogen) atoms.